The first-order chi connectivity index (χ1) is 14.4. The standard InChI is InChI=1S/C25H32N2O3/c1-18-7-8-21(30-18)19-5-4-6-20(13-19)23(28)27-14-22-24(2,3)15-25(22,17-27)16-26-9-11-29-12-10-26/h4-8,13,22H,9-12,14-17H2,1-3H3/t22-,25+/m1/s1. The van der Waals surface area contributed by atoms with E-state index in [4.69, 9.17) is 9.15 Å². The van der Waals surface area contributed by atoms with Crippen molar-refractivity contribution in [2.45, 2.75) is 27.2 Å². The summed E-state index contributed by atoms with van der Waals surface area (Å²) in [5.41, 5.74) is 2.24. The number of likely N-dealkylation sites (tertiary alicyclic amines) is 1. The van der Waals surface area contributed by atoms with Gasteiger partial charge in [0, 0.05) is 49.3 Å². The molecular formula is C25H32N2O3. The van der Waals surface area contributed by atoms with Crippen LogP contribution in [0, 0.1) is 23.7 Å². The van der Waals surface area contributed by atoms with Gasteiger partial charge in [0.25, 0.3) is 5.91 Å². The minimum Gasteiger partial charge on any atom is -0.461 e. The molecule has 5 rings (SSSR count). The molecule has 3 aliphatic rings. The smallest absolute Gasteiger partial charge is 0.253 e. The van der Waals surface area contributed by atoms with E-state index in [2.05, 4.69) is 23.6 Å². The molecule has 2 aromatic rings. The van der Waals surface area contributed by atoms with Gasteiger partial charge in [-0.05, 0) is 48.9 Å². The summed E-state index contributed by atoms with van der Waals surface area (Å²) in [4.78, 5) is 18.1. The van der Waals surface area contributed by atoms with E-state index in [-0.39, 0.29) is 11.3 Å². The van der Waals surface area contributed by atoms with Crippen LogP contribution in [0.2, 0.25) is 0 Å². The first kappa shape index (κ1) is 19.8. The Morgan fingerprint density at radius 3 is 2.67 bits per heavy atom. The van der Waals surface area contributed by atoms with Crippen LogP contribution in [0.5, 0.6) is 0 Å². The molecule has 1 saturated carbocycles. The number of benzene rings is 1. The second-order valence-electron chi connectivity index (χ2n) is 10.1. The van der Waals surface area contributed by atoms with Gasteiger partial charge in [0.05, 0.1) is 13.2 Å². The molecule has 0 spiro atoms. The van der Waals surface area contributed by atoms with Crippen LogP contribution in [0.15, 0.2) is 40.8 Å². The minimum absolute atomic E-state index is 0.145. The topological polar surface area (TPSA) is 45.9 Å². The number of morpholine rings is 1. The van der Waals surface area contributed by atoms with Gasteiger partial charge >= 0.3 is 0 Å². The summed E-state index contributed by atoms with van der Waals surface area (Å²) in [5.74, 6) is 2.40. The second kappa shape index (κ2) is 7.24. The summed E-state index contributed by atoms with van der Waals surface area (Å²) in [5, 5.41) is 0. The van der Waals surface area contributed by atoms with Crippen molar-refractivity contribution in [1.29, 1.82) is 0 Å². The molecule has 2 atom stereocenters. The summed E-state index contributed by atoms with van der Waals surface area (Å²) in [6, 6.07) is 11.8. The van der Waals surface area contributed by atoms with E-state index >= 15 is 0 Å². The van der Waals surface area contributed by atoms with E-state index in [9.17, 15) is 4.79 Å². The summed E-state index contributed by atoms with van der Waals surface area (Å²) >= 11 is 0. The first-order valence-electron chi connectivity index (χ1n) is 11.1. The van der Waals surface area contributed by atoms with Gasteiger partial charge in [-0.3, -0.25) is 9.69 Å². The zero-order valence-corrected chi connectivity index (χ0v) is 18.3. The van der Waals surface area contributed by atoms with Gasteiger partial charge in [0.15, 0.2) is 0 Å². The number of hydrogen-bond acceptors (Lipinski definition) is 4. The normalized spacial score (nSPS) is 28.2. The molecule has 0 unspecified atom stereocenters. The van der Waals surface area contributed by atoms with Gasteiger partial charge in [-0.2, -0.15) is 0 Å². The van der Waals surface area contributed by atoms with E-state index in [1.807, 2.05) is 43.3 Å². The molecule has 2 saturated heterocycles. The van der Waals surface area contributed by atoms with Gasteiger partial charge in [0.2, 0.25) is 0 Å². The van der Waals surface area contributed by atoms with Crippen molar-refractivity contribution in [1.82, 2.24) is 9.80 Å². The van der Waals surface area contributed by atoms with Crippen LogP contribution in [-0.2, 0) is 4.74 Å². The molecule has 0 radical (unpaired) electrons. The van der Waals surface area contributed by atoms with Crippen molar-refractivity contribution in [3.8, 4) is 11.3 Å². The van der Waals surface area contributed by atoms with Crippen molar-refractivity contribution >= 4 is 5.91 Å². The van der Waals surface area contributed by atoms with Gasteiger partial charge < -0.3 is 14.1 Å². The molecule has 3 heterocycles. The highest BCUT2D eigenvalue weighted by Crippen LogP contribution is 2.63. The third-order valence-corrected chi connectivity index (χ3v) is 7.46. The Kier molecular flexibility index (Phi) is 4.79. The number of carbonyl (C=O) groups is 1. The summed E-state index contributed by atoms with van der Waals surface area (Å²) in [7, 11) is 0. The average molecular weight is 409 g/mol. The molecule has 5 nitrogen and oxygen atoms in total. The minimum atomic E-state index is 0.145. The highest BCUT2D eigenvalue weighted by molar-refractivity contribution is 5.95. The van der Waals surface area contributed by atoms with E-state index < -0.39 is 0 Å². The summed E-state index contributed by atoms with van der Waals surface area (Å²) in [6.07, 6.45) is 1.19. The van der Waals surface area contributed by atoms with E-state index in [0.29, 0.717) is 11.3 Å². The average Bonchev–Trinajstić information content (AvgIpc) is 3.30. The van der Waals surface area contributed by atoms with Crippen molar-refractivity contribution < 1.29 is 13.9 Å². The van der Waals surface area contributed by atoms with Crippen LogP contribution in [0.4, 0.5) is 0 Å². The lowest BCUT2D eigenvalue weighted by atomic mass is 9.48. The zero-order valence-electron chi connectivity index (χ0n) is 18.3. The largest absolute Gasteiger partial charge is 0.461 e. The van der Waals surface area contributed by atoms with Crippen LogP contribution in [-0.4, -0.2) is 61.6 Å². The molecular weight excluding hydrogens is 376 g/mol. The number of ether oxygens (including phenoxy) is 1. The van der Waals surface area contributed by atoms with E-state index in [0.717, 1.165) is 68.6 Å². The van der Waals surface area contributed by atoms with Crippen LogP contribution in [0.25, 0.3) is 11.3 Å². The highest BCUT2D eigenvalue weighted by atomic mass is 16.5. The Bertz CT molecular complexity index is 943. The maximum absolute atomic E-state index is 13.5. The molecule has 0 N–H and O–H groups in total. The lowest BCUT2D eigenvalue weighted by Crippen LogP contribution is -2.59. The van der Waals surface area contributed by atoms with Crippen molar-refractivity contribution in [2.75, 3.05) is 45.9 Å². The Morgan fingerprint density at radius 1 is 1.17 bits per heavy atom. The SMILES string of the molecule is Cc1ccc(-c2cccc(C(=O)N3C[C@@H]4C(C)(C)C[C@]4(CN4CCOCC4)C3)c2)o1. The Labute approximate surface area is 179 Å². The number of furan rings is 1. The van der Waals surface area contributed by atoms with Gasteiger partial charge in [0.1, 0.15) is 11.5 Å². The maximum Gasteiger partial charge on any atom is 0.253 e. The lowest BCUT2D eigenvalue weighted by Gasteiger charge is -2.58. The molecule has 30 heavy (non-hydrogen) atoms. The maximum atomic E-state index is 13.5. The van der Waals surface area contributed by atoms with Crippen molar-refractivity contribution in [2.24, 2.45) is 16.7 Å². The van der Waals surface area contributed by atoms with Crippen LogP contribution in [0.3, 0.4) is 0 Å². The molecule has 1 amide bonds. The van der Waals surface area contributed by atoms with E-state index in [1.165, 1.54) is 6.42 Å². The van der Waals surface area contributed by atoms with E-state index in [1.54, 1.807) is 0 Å². The van der Waals surface area contributed by atoms with Crippen LogP contribution < -0.4 is 0 Å². The number of hydrogen-bond donors (Lipinski definition) is 0. The molecule has 0 bridgehead atoms. The molecule has 160 valence electrons. The highest BCUT2D eigenvalue weighted by Gasteiger charge is 2.63. The summed E-state index contributed by atoms with van der Waals surface area (Å²) < 4.78 is 11.3. The third-order valence-electron chi connectivity index (χ3n) is 7.46. The third kappa shape index (κ3) is 3.38. The summed E-state index contributed by atoms with van der Waals surface area (Å²) in [6.45, 7) is 13.1. The van der Waals surface area contributed by atoms with Gasteiger partial charge in [-0.15, -0.1) is 0 Å². The second-order valence-corrected chi connectivity index (χ2v) is 10.1. The Balaban J connectivity index is 1.35. The number of amides is 1. The fourth-order valence-corrected chi connectivity index (χ4v) is 6.28. The fraction of sp³-hybridized carbons (Fsp3) is 0.560. The lowest BCUT2D eigenvalue weighted by molar-refractivity contribution is -0.0966. The van der Waals surface area contributed by atoms with Crippen LogP contribution >= 0.6 is 0 Å². The van der Waals surface area contributed by atoms with Gasteiger partial charge in [-0.25, -0.2) is 0 Å². The predicted octanol–water partition coefficient (Wildman–Crippen LogP) is 4.08. The van der Waals surface area contributed by atoms with Crippen molar-refractivity contribution in [3.05, 3.63) is 47.7 Å². The molecule has 1 aromatic carbocycles. The Hall–Kier alpha value is -2.11. The predicted molar refractivity (Wildman–Crippen MR) is 116 cm³/mol. The van der Waals surface area contributed by atoms with Crippen molar-refractivity contribution in [3.63, 3.8) is 0 Å². The zero-order chi connectivity index (χ0) is 20.9. The Morgan fingerprint density at radius 2 is 1.97 bits per heavy atom. The van der Waals surface area contributed by atoms with Crippen LogP contribution in [0.1, 0.15) is 36.4 Å². The molecule has 3 fully saturated rings. The number of aryl methyl sites for hydroxylation is 1. The van der Waals surface area contributed by atoms with Gasteiger partial charge in [-0.1, -0.05) is 26.0 Å². The molecule has 1 aliphatic carbocycles. The first-order valence-corrected chi connectivity index (χ1v) is 11.1. The number of carbonyl (C=O) groups excluding carboxylic acids is 1. The quantitative estimate of drug-likeness (QED) is 0.765. The molecule has 1 aromatic heterocycles. The number of rotatable bonds is 4. The fourth-order valence-electron chi connectivity index (χ4n) is 6.28. The number of fused-ring (bicyclic) bond motifs is 1. The monoisotopic (exact) mass is 408 g/mol. The molecule has 2 aliphatic heterocycles. The number of nitrogens with zero attached hydrogens (tertiary/aromatic N) is 2. The molecule has 5 heteroatoms.